The highest BCUT2D eigenvalue weighted by Crippen LogP contribution is 2.11. The second-order valence-electron chi connectivity index (χ2n) is 5.27. The molecule has 0 bridgehead atoms. The Morgan fingerprint density at radius 1 is 1.43 bits per heavy atom. The predicted molar refractivity (Wildman–Crippen MR) is 106 cm³/mol. The van der Waals surface area contributed by atoms with Crippen molar-refractivity contribution in [1.29, 1.82) is 0 Å². The molecule has 0 aliphatic carbocycles. The van der Waals surface area contributed by atoms with Crippen LogP contribution in [0.25, 0.3) is 0 Å². The van der Waals surface area contributed by atoms with Gasteiger partial charge in [0, 0.05) is 43.1 Å². The maximum Gasteiger partial charge on any atom is 0.191 e. The molecule has 0 amide bonds. The zero-order valence-electron chi connectivity index (χ0n) is 13.8. The van der Waals surface area contributed by atoms with Gasteiger partial charge in [-0.05, 0) is 25.8 Å². The van der Waals surface area contributed by atoms with E-state index in [1.807, 2.05) is 29.3 Å². The van der Waals surface area contributed by atoms with E-state index >= 15 is 0 Å². The van der Waals surface area contributed by atoms with Crippen LogP contribution >= 0.6 is 35.3 Å². The third-order valence-electron chi connectivity index (χ3n) is 3.06. The van der Waals surface area contributed by atoms with Gasteiger partial charge in [0.05, 0.1) is 6.54 Å². The molecule has 0 spiro atoms. The minimum absolute atomic E-state index is 0. The number of aliphatic imine (C=N–C) groups is 1. The molecule has 0 saturated carbocycles. The van der Waals surface area contributed by atoms with Crippen LogP contribution in [0.1, 0.15) is 23.7 Å². The average molecular weight is 448 g/mol. The molecular formula is C15H25IN6S. The van der Waals surface area contributed by atoms with E-state index in [2.05, 4.69) is 46.5 Å². The number of aryl methyl sites for hydroxylation is 1. The Hall–Kier alpha value is -1.16. The van der Waals surface area contributed by atoms with Gasteiger partial charge in [-0.15, -0.1) is 35.3 Å². The molecule has 0 aliphatic heterocycles. The van der Waals surface area contributed by atoms with Crippen molar-refractivity contribution in [2.75, 3.05) is 13.1 Å². The SMILES string of the molecule is CCNC(=NCc1ncc(C)s1)NCC(C)Cn1cccn1.I. The number of thiazole rings is 1. The van der Waals surface area contributed by atoms with Crippen molar-refractivity contribution in [1.82, 2.24) is 25.4 Å². The summed E-state index contributed by atoms with van der Waals surface area (Å²) in [4.78, 5) is 10.1. The largest absolute Gasteiger partial charge is 0.357 e. The molecule has 128 valence electrons. The van der Waals surface area contributed by atoms with E-state index in [0.29, 0.717) is 12.5 Å². The summed E-state index contributed by atoms with van der Waals surface area (Å²) in [6.45, 7) is 9.52. The molecule has 2 rings (SSSR count). The Bertz CT molecular complexity index is 581. The van der Waals surface area contributed by atoms with Gasteiger partial charge in [-0.3, -0.25) is 4.68 Å². The van der Waals surface area contributed by atoms with Gasteiger partial charge in [0.15, 0.2) is 5.96 Å². The van der Waals surface area contributed by atoms with E-state index in [4.69, 9.17) is 0 Å². The molecule has 8 heteroatoms. The highest BCUT2D eigenvalue weighted by atomic mass is 127. The van der Waals surface area contributed by atoms with Crippen molar-refractivity contribution in [2.24, 2.45) is 10.9 Å². The van der Waals surface area contributed by atoms with Gasteiger partial charge in [-0.2, -0.15) is 5.10 Å². The van der Waals surface area contributed by atoms with Gasteiger partial charge < -0.3 is 10.6 Å². The number of nitrogens with zero attached hydrogens (tertiary/aromatic N) is 4. The lowest BCUT2D eigenvalue weighted by molar-refractivity contribution is 0.443. The molecule has 1 unspecified atom stereocenters. The first-order valence-electron chi connectivity index (χ1n) is 7.58. The quantitative estimate of drug-likeness (QED) is 0.388. The number of hydrogen-bond acceptors (Lipinski definition) is 4. The second-order valence-corrected chi connectivity index (χ2v) is 6.59. The first-order chi connectivity index (χ1) is 10.7. The fraction of sp³-hybridized carbons (Fsp3) is 0.533. The summed E-state index contributed by atoms with van der Waals surface area (Å²) in [5.41, 5.74) is 0. The van der Waals surface area contributed by atoms with E-state index < -0.39 is 0 Å². The van der Waals surface area contributed by atoms with Gasteiger partial charge in [0.1, 0.15) is 5.01 Å². The molecule has 2 aromatic heterocycles. The summed E-state index contributed by atoms with van der Waals surface area (Å²) in [5, 5.41) is 11.9. The highest BCUT2D eigenvalue weighted by Gasteiger charge is 2.05. The molecule has 0 saturated heterocycles. The monoisotopic (exact) mass is 448 g/mol. The number of hydrogen-bond donors (Lipinski definition) is 2. The fourth-order valence-corrected chi connectivity index (χ4v) is 2.74. The fourth-order valence-electron chi connectivity index (χ4n) is 2.03. The van der Waals surface area contributed by atoms with Crippen molar-refractivity contribution < 1.29 is 0 Å². The van der Waals surface area contributed by atoms with E-state index in [0.717, 1.165) is 30.6 Å². The van der Waals surface area contributed by atoms with Crippen molar-refractivity contribution in [3.05, 3.63) is 34.5 Å². The first kappa shape index (κ1) is 19.9. The van der Waals surface area contributed by atoms with Gasteiger partial charge in [0.2, 0.25) is 0 Å². The summed E-state index contributed by atoms with van der Waals surface area (Å²) in [6.07, 6.45) is 5.68. The van der Waals surface area contributed by atoms with Crippen molar-refractivity contribution in [3.8, 4) is 0 Å². The summed E-state index contributed by atoms with van der Waals surface area (Å²) in [7, 11) is 0. The Labute approximate surface area is 158 Å². The zero-order valence-corrected chi connectivity index (χ0v) is 17.0. The third kappa shape index (κ3) is 7.30. The number of halogens is 1. The second kappa shape index (κ2) is 10.6. The molecule has 2 aromatic rings. The molecule has 0 aliphatic rings. The maximum atomic E-state index is 4.59. The Morgan fingerprint density at radius 3 is 2.87 bits per heavy atom. The molecule has 0 radical (unpaired) electrons. The lowest BCUT2D eigenvalue weighted by Crippen LogP contribution is -2.40. The van der Waals surface area contributed by atoms with Crippen LogP contribution in [-0.4, -0.2) is 33.8 Å². The van der Waals surface area contributed by atoms with Gasteiger partial charge in [0.25, 0.3) is 0 Å². The highest BCUT2D eigenvalue weighted by molar-refractivity contribution is 14.0. The van der Waals surface area contributed by atoms with E-state index in [-0.39, 0.29) is 24.0 Å². The molecule has 0 aromatic carbocycles. The molecule has 2 heterocycles. The number of nitrogens with one attached hydrogen (secondary N) is 2. The van der Waals surface area contributed by atoms with Gasteiger partial charge >= 0.3 is 0 Å². The lowest BCUT2D eigenvalue weighted by atomic mass is 10.2. The smallest absolute Gasteiger partial charge is 0.191 e. The van der Waals surface area contributed by atoms with Crippen LogP contribution in [-0.2, 0) is 13.1 Å². The summed E-state index contributed by atoms with van der Waals surface area (Å²) >= 11 is 1.69. The summed E-state index contributed by atoms with van der Waals surface area (Å²) in [5.74, 6) is 1.30. The summed E-state index contributed by atoms with van der Waals surface area (Å²) in [6, 6.07) is 1.95. The van der Waals surface area contributed by atoms with E-state index in [9.17, 15) is 0 Å². The Morgan fingerprint density at radius 2 is 2.26 bits per heavy atom. The number of aromatic nitrogens is 3. The first-order valence-corrected chi connectivity index (χ1v) is 8.40. The van der Waals surface area contributed by atoms with Crippen molar-refractivity contribution >= 4 is 41.3 Å². The van der Waals surface area contributed by atoms with Crippen molar-refractivity contribution in [2.45, 2.75) is 33.9 Å². The van der Waals surface area contributed by atoms with Crippen LogP contribution in [0.3, 0.4) is 0 Å². The topological polar surface area (TPSA) is 67.1 Å². The van der Waals surface area contributed by atoms with Crippen LogP contribution in [0.4, 0.5) is 0 Å². The average Bonchev–Trinajstić information content (AvgIpc) is 3.13. The van der Waals surface area contributed by atoms with Gasteiger partial charge in [-0.1, -0.05) is 6.92 Å². The predicted octanol–water partition coefficient (Wildman–Crippen LogP) is 2.66. The van der Waals surface area contributed by atoms with Crippen LogP contribution < -0.4 is 10.6 Å². The molecule has 23 heavy (non-hydrogen) atoms. The van der Waals surface area contributed by atoms with Crippen LogP contribution in [0.15, 0.2) is 29.6 Å². The number of guanidine groups is 1. The minimum Gasteiger partial charge on any atom is -0.357 e. The normalized spacial score (nSPS) is 12.6. The van der Waals surface area contributed by atoms with E-state index in [1.54, 1.807) is 11.3 Å². The van der Waals surface area contributed by atoms with E-state index in [1.165, 1.54) is 4.88 Å². The summed E-state index contributed by atoms with van der Waals surface area (Å²) < 4.78 is 1.95. The van der Waals surface area contributed by atoms with Gasteiger partial charge in [-0.25, -0.2) is 9.98 Å². The maximum absolute atomic E-state index is 4.59. The molecule has 2 N–H and O–H groups in total. The van der Waals surface area contributed by atoms with Crippen LogP contribution in [0.2, 0.25) is 0 Å². The number of rotatable bonds is 7. The molecular weight excluding hydrogens is 423 g/mol. The standard InChI is InChI=1S/C15H24N6S.HI/c1-4-16-15(19-10-14-17-9-13(3)22-14)18-8-12(2)11-21-7-5-6-20-21;/h5-7,9,12H,4,8,10-11H2,1-3H3,(H2,16,18,19);1H. The third-order valence-corrected chi connectivity index (χ3v) is 3.96. The van der Waals surface area contributed by atoms with Crippen LogP contribution in [0.5, 0.6) is 0 Å². The molecule has 0 fully saturated rings. The zero-order chi connectivity index (χ0) is 15.8. The Kier molecular flexibility index (Phi) is 9.15. The Balaban J connectivity index is 0.00000264. The lowest BCUT2D eigenvalue weighted by Gasteiger charge is -2.15. The molecule has 1 atom stereocenters. The molecule has 6 nitrogen and oxygen atoms in total. The van der Waals surface area contributed by atoms with Crippen molar-refractivity contribution in [3.63, 3.8) is 0 Å². The minimum atomic E-state index is 0. The van der Waals surface area contributed by atoms with Crippen LogP contribution in [0, 0.1) is 12.8 Å².